The van der Waals surface area contributed by atoms with Gasteiger partial charge in [-0.2, -0.15) is 0 Å². The first-order chi connectivity index (χ1) is 7.93. The zero-order valence-electron chi connectivity index (χ0n) is 8.99. The zero-order chi connectivity index (χ0) is 13.2. The Morgan fingerprint density at radius 2 is 1.53 bits per heavy atom. The molecule has 8 nitrogen and oxygen atoms in total. The van der Waals surface area contributed by atoms with E-state index in [4.69, 9.17) is 14.9 Å². The Balaban J connectivity index is 2.78. The highest BCUT2D eigenvalue weighted by Crippen LogP contribution is 2.24. The highest BCUT2D eigenvalue weighted by Gasteiger charge is 2.47. The van der Waals surface area contributed by atoms with Crippen LogP contribution in [0.15, 0.2) is 0 Å². The van der Waals surface area contributed by atoms with Crippen molar-refractivity contribution >= 4 is 0 Å². The zero-order valence-corrected chi connectivity index (χ0v) is 8.99. The fourth-order valence-corrected chi connectivity index (χ4v) is 1.74. The number of rotatable bonds is 4. The Kier molecular flexibility index (Phi) is 5.22. The fraction of sp³-hybridized carbons (Fsp3) is 1.00. The second-order valence-electron chi connectivity index (χ2n) is 4.03. The van der Waals surface area contributed by atoms with Crippen molar-refractivity contribution in [2.75, 3.05) is 13.2 Å². The van der Waals surface area contributed by atoms with Gasteiger partial charge in [-0.05, 0) is 0 Å². The van der Waals surface area contributed by atoms with Crippen molar-refractivity contribution in [3.63, 3.8) is 0 Å². The van der Waals surface area contributed by atoms with Gasteiger partial charge in [-0.25, -0.2) is 0 Å². The van der Waals surface area contributed by atoms with Gasteiger partial charge in [0, 0.05) is 0 Å². The number of aliphatic hydroxyl groups excluding tert-OH is 7. The molecular formula is C9H18O8. The third-order valence-electron chi connectivity index (χ3n) is 2.85. The van der Waals surface area contributed by atoms with E-state index >= 15 is 0 Å². The van der Waals surface area contributed by atoms with Crippen molar-refractivity contribution in [2.24, 2.45) is 0 Å². The molecule has 0 radical (unpaired) electrons. The first kappa shape index (κ1) is 14.7. The molecule has 102 valence electrons. The molecule has 17 heavy (non-hydrogen) atoms. The molecule has 1 fully saturated rings. The lowest BCUT2D eigenvalue weighted by molar-refractivity contribution is -0.258. The van der Waals surface area contributed by atoms with Crippen molar-refractivity contribution in [3.8, 4) is 0 Å². The Labute approximate surface area is 97.3 Å². The standard InChI is InChI=1S/C9H18O8/c10-1-3(12)5(13)9-8(16)7(15)6(14)4(2-11)17-9/h3-16H,1-2H2/t3?,4-,5?,6+,7+,8-,9?/m1/s1. The summed E-state index contributed by atoms with van der Waals surface area (Å²) in [6.07, 6.45) is -10.5. The van der Waals surface area contributed by atoms with E-state index in [2.05, 4.69) is 0 Å². The average Bonchev–Trinajstić information content (AvgIpc) is 2.34. The van der Waals surface area contributed by atoms with E-state index in [-0.39, 0.29) is 0 Å². The Morgan fingerprint density at radius 3 is 2.00 bits per heavy atom. The van der Waals surface area contributed by atoms with Crippen molar-refractivity contribution in [1.29, 1.82) is 0 Å². The lowest BCUT2D eigenvalue weighted by Crippen LogP contribution is -2.63. The Hall–Kier alpha value is -0.320. The molecular weight excluding hydrogens is 236 g/mol. The van der Waals surface area contributed by atoms with E-state index in [1.165, 1.54) is 0 Å². The maximum atomic E-state index is 9.57. The largest absolute Gasteiger partial charge is 0.394 e. The van der Waals surface area contributed by atoms with Crippen LogP contribution in [0.5, 0.6) is 0 Å². The fourth-order valence-electron chi connectivity index (χ4n) is 1.74. The Morgan fingerprint density at radius 1 is 0.941 bits per heavy atom. The van der Waals surface area contributed by atoms with Crippen LogP contribution in [0, 0.1) is 0 Å². The van der Waals surface area contributed by atoms with Crippen LogP contribution in [-0.4, -0.2) is 91.7 Å². The topological polar surface area (TPSA) is 151 Å². The van der Waals surface area contributed by atoms with Gasteiger partial charge in [-0.3, -0.25) is 0 Å². The summed E-state index contributed by atoms with van der Waals surface area (Å²) >= 11 is 0. The SMILES string of the molecule is OCC(O)C(O)C1O[C@H](CO)[C@H](O)[C@H](O)[C@H]1O. The van der Waals surface area contributed by atoms with E-state index < -0.39 is 55.9 Å². The molecule has 0 aromatic carbocycles. The molecule has 0 spiro atoms. The summed E-state index contributed by atoms with van der Waals surface area (Å²) in [5.41, 5.74) is 0. The van der Waals surface area contributed by atoms with Crippen molar-refractivity contribution in [3.05, 3.63) is 0 Å². The van der Waals surface area contributed by atoms with Crippen molar-refractivity contribution in [2.45, 2.75) is 42.7 Å². The van der Waals surface area contributed by atoms with E-state index in [1.807, 2.05) is 0 Å². The second-order valence-corrected chi connectivity index (χ2v) is 4.03. The van der Waals surface area contributed by atoms with Crippen LogP contribution < -0.4 is 0 Å². The molecule has 0 bridgehead atoms. The molecule has 7 N–H and O–H groups in total. The third kappa shape index (κ3) is 2.92. The molecule has 0 aliphatic carbocycles. The third-order valence-corrected chi connectivity index (χ3v) is 2.85. The van der Waals surface area contributed by atoms with Crippen LogP contribution in [0.25, 0.3) is 0 Å². The quantitative estimate of drug-likeness (QED) is 0.265. The summed E-state index contributed by atoms with van der Waals surface area (Å²) in [6.45, 7) is -1.38. The molecule has 1 saturated heterocycles. The van der Waals surface area contributed by atoms with E-state index in [9.17, 15) is 25.5 Å². The molecule has 1 aliphatic heterocycles. The molecule has 0 saturated carbocycles. The highest BCUT2D eigenvalue weighted by molar-refractivity contribution is 4.96. The van der Waals surface area contributed by atoms with Crippen molar-refractivity contribution < 1.29 is 40.5 Å². The minimum Gasteiger partial charge on any atom is -0.394 e. The molecule has 1 aliphatic rings. The molecule has 7 atom stereocenters. The first-order valence-corrected chi connectivity index (χ1v) is 5.21. The molecule has 0 aromatic rings. The summed E-state index contributed by atoms with van der Waals surface area (Å²) in [7, 11) is 0. The average molecular weight is 254 g/mol. The van der Waals surface area contributed by atoms with Gasteiger partial charge in [-0.15, -0.1) is 0 Å². The van der Waals surface area contributed by atoms with Crippen LogP contribution in [0.4, 0.5) is 0 Å². The maximum absolute atomic E-state index is 9.57. The maximum Gasteiger partial charge on any atom is 0.115 e. The van der Waals surface area contributed by atoms with Gasteiger partial charge in [0.1, 0.15) is 42.7 Å². The van der Waals surface area contributed by atoms with Crippen LogP contribution in [0.3, 0.4) is 0 Å². The van der Waals surface area contributed by atoms with Gasteiger partial charge in [0.2, 0.25) is 0 Å². The highest BCUT2D eigenvalue weighted by atomic mass is 16.6. The first-order valence-electron chi connectivity index (χ1n) is 5.21. The molecule has 0 aromatic heterocycles. The second kappa shape index (κ2) is 6.03. The van der Waals surface area contributed by atoms with Crippen LogP contribution in [0.1, 0.15) is 0 Å². The van der Waals surface area contributed by atoms with Crippen molar-refractivity contribution in [1.82, 2.24) is 0 Å². The molecule has 1 heterocycles. The van der Waals surface area contributed by atoms with E-state index in [1.54, 1.807) is 0 Å². The summed E-state index contributed by atoms with van der Waals surface area (Å²) in [5, 5.41) is 64.8. The Bertz CT molecular complexity index is 231. The van der Waals surface area contributed by atoms with Crippen LogP contribution in [0.2, 0.25) is 0 Å². The number of hydrogen-bond donors (Lipinski definition) is 7. The van der Waals surface area contributed by atoms with Crippen LogP contribution in [-0.2, 0) is 4.74 Å². The van der Waals surface area contributed by atoms with Gasteiger partial charge in [0.15, 0.2) is 0 Å². The normalized spacial score (nSPS) is 42.2. The van der Waals surface area contributed by atoms with Gasteiger partial charge < -0.3 is 40.5 Å². The predicted octanol–water partition coefficient (Wildman–Crippen LogP) is -4.46. The summed E-state index contributed by atoms with van der Waals surface area (Å²) < 4.78 is 4.98. The van der Waals surface area contributed by atoms with Gasteiger partial charge >= 0.3 is 0 Å². The lowest BCUT2D eigenvalue weighted by Gasteiger charge is -2.42. The minimum atomic E-state index is -1.65. The number of ether oxygens (including phenoxy) is 1. The predicted molar refractivity (Wildman–Crippen MR) is 52.9 cm³/mol. The molecule has 3 unspecified atom stereocenters. The number of hydrogen-bond acceptors (Lipinski definition) is 8. The smallest absolute Gasteiger partial charge is 0.115 e. The minimum absolute atomic E-state index is 0.622. The molecule has 8 heteroatoms. The van der Waals surface area contributed by atoms with E-state index in [0.29, 0.717) is 0 Å². The summed E-state index contributed by atoms with van der Waals surface area (Å²) in [4.78, 5) is 0. The van der Waals surface area contributed by atoms with Gasteiger partial charge in [0.25, 0.3) is 0 Å². The van der Waals surface area contributed by atoms with Gasteiger partial charge in [-0.1, -0.05) is 0 Å². The number of aliphatic hydroxyl groups is 7. The summed E-state index contributed by atoms with van der Waals surface area (Å²) in [6, 6.07) is 0. The molecule has 0 amide bonds. The molecule has 1 rings (SSSR count). The lowest BCUT2D eigenvalue weighted by atomic mass is 9.91. The van der Waals surface area contributed by atoms with Gasteiger partial charge in [0.05, 0.1) is 13.2 Å². The summed E-state index contributed by atoms with van der Waals surface area (Å²) in [5.74, 6) is 0. The van der Waals surface area contributed by atoms with E-state index in [0.717, 1.165) is 0 Å². The monoisotopic (exact) mass is 254 g/mol. The van der Waals surface area contributed by atoms with Crippen LogP contribution >= 0.6 is 0 Å².